The fourth-order valence-corrected chi connectivity index (χ4v) is 2.81. The van der Waals surface area contributed by atoms with Crippen LogP contribution in [0.1, 0.15) is 18.4 Å². The summed E-state index contributed by atoms with van der Waals surface area (Å²) in [6.07, 6.45) is 3.24. The molecule has 1 fully saturated rings. The van der Waals surface area contributed by atoms with Crippen LogP contribution < -0.4 is 4.74 Å². The molecule has 1 aromatic carbocycles. The minimum atomic E-state index is 0.362. The highest BCUT2D eigenvalue weighted by molar-refractivity contribution is 7.99. The molecule has 2 rings (SSSR count). The second-order valence-corrected chi connectivity index (χ2v) is 5.09. The van der Waals surface area contributed by atoms with Gasteiger partial charge < -0.3 is 4.74 Å². The zero-order chi connectivity index (χ0) is 11.2. The molecule has 0 spiro atoms. The zero-order valence-corrected chi connectivity index (χ0v) is 10.0. The quantitative estimate of drug-likeness (QED) is 0.804. The Labute approximate surface area is 101 Å². The van der Waals surface area contributed by atoms with Gasteiger partial charge in [-0.2, -0.15) is 17.0 Å². The Bertz CT molecular complexity index is 363. The average Bonchev–Trinajstić information content (AvgIpc) is 2.33. The highest BCUT2D eigenvalue weighted by atomic mass is 32.2. The predicted molar refractivity (Wildman–Crippen MR) is 66.7 cm³/mol. The highest BCUT2D eigenvalue weighted by Gasteiger charge is 2.14. The van der Waals surface area contributed by atoms with Crippen LogP contribution in [-0.4, -0.2) is 17.6 Å². The Morgan fingerprint density at radius 2 is 2.19 bits per heavy atom. The number of benzene rings is 1. The van der Waals surface area contributed by atoms with Crippen LogP contribution in [0, 0.1) is 11.3 Å². The first kappa shape index (κ1) is 11.3. The fraction of sp³-hybridized carbons (Fsp3) is 0.462. The smallest absolute Gasteiger partial charge is 0.119 e. The number of nitrogens with zero attached hydrogens (tertiary/aromatic N) is 1. The summed E-state index contributed by atoms with van der Waals surface area (Å²) < 4.78 is 5.88. The molecule has 1 unspecified atom stereocenters. The van der Waals surface area contributed by atoms with E-state index in [9.17, 15) is 0 Å². The molecule has 3 heteroatoms. The van der Waals surface area contributed by atoms with Gasteiger partial charge in [0, 0.05) is 5.75 Å². The standard InChI is InChI=1S/C13H15NOS/c14-8-7-11-3-5-12(6-4-11)15-13-2-1-9-16-10-13/h3-6,13H,1-2,7,9-10H2. The minimum Gasteiger partial charge on any atom is -0.490 e. The first-order valence-electron chi connectivity index (χ1n) is 5.59. The summed E-state index contributed by atoms with van der Waals surface area (Å²) in [5.74, 6) is 3.29. The van der Waals surface area contributed by atoms with E-state index < -0.39 is 0 Å². The normalized spacial score (nSPS) is 20.1. The maximum Gasteiger partial charge on any atom is 0.119 e. The van der Waals surface area contributed by atoms with E-state index in [0.717, 1.165) is 23.5 Å². The number of hydrogen-bond donors (Lipinski definition) is 0. The van der Waals surface area contributed by atoms with Crippen molar-refractivity contribution in [1.82, 2.24) is 0 Å². The molecule has 1 heterocycles. The molecule has 0 bridgehead atoms. The Balaban J connectivity index is 1.91. The van der Waals surface area contributed by atoms with Gasteiger partial charge in [-0.3, -0.25) is 0 Å². The maximum absolute atomic E-state index is 8.57. The number of hydrogen-bond acceptors (Lipinski definition) is 3. The van der Waals surface area contributed by atoms with Crippen LogP contribution in [0.25, 0.3) is 0 Å². The average molecular weight is 233 g/mol. The molecular formula is C13H15NOS. The zero-order valence-electron chi connectivity index (χ0n) is 9.19. The third-order valence-corrected chi connectivity index (χ3v) is 3.81. The van der Waals surface area contributed by atoms with Crippen molar-refractivity contribution in [2.45, 2.75) is 25.4 Å². The number of ether oxygens (including phenoxy) is 1. The molecule has 1 aliphatic rings. The molecule has 0 radical (unpaired) electrons. The molecule has 1 atom stereocenters. The molecule has 0 aliphatic carbocycles. The molecule has 1 aromatic rings. The second-order valence-electron chi connectivity index (χ2n) is 3.94. The summed E-state index contributed by atoms with van der Waals surface area (Å²) in [6, 6.07) is 10.0. The van der Waals surface area contributed by atoms with Crippen LogP contribution in [0.3, 0.4) is 0 Å². The first-order chi connectivity index (χ1) is 7.88. The third-order valence-electron chi connectivity index (χ3n) is 2.63. The Morgan fingerprint density at radius 3 is 2.81 bits per heavy atom. The first-order valence-corrected chi connectivity index (χ1v) is 6.74. The van der Waals surface area contributed by atoms with Crippen molar-refractivity contribution in [1.29, 1.82) is 5.26 Å². The van der Waals surface area contributed by atoms with E-state index in [1.807, 2.05) is 36.0 Å². The minimum absolute atomic E-state index is 0.362. The molecule has 1 aliphatic heterocycles. The molecule has 0 aromatic heterocycles. The Kier molecular flexibility index (Phi) is 4.12. The van der Waals surface area contributed by atoms with Crippen LogP contribution in [0.4, 0.5) is 0 Å². The topological polar surface area (TPSA) is 33.0 Å². The van der Waals surface area contributed by atoms with Gasteiger partial charge >= 0.3 is 0 Å². The molecule has 16 heavy (non-hydrogen) atoms. The molecule has 1 saturated heterocycles. The van der Waals surface area contributed by atoms with Gasteiger partial charge in [-0.15, -0.1) is 0 Å². The Morgan fingerprint density at radius 1 is 1.38 bits per heavy atom. The van der Waals surface area contributed by atoms with Gasteiger partial charge in [0.2, 0.25) is 0 Å². The second kappa shape index (κ2) is 5.81. The van der Waals surface area contributed by atoms with Gasteiger partial charge in [-0.1, -0.05) is 12.1 Å². The largest absolute Gasteiger partial charge is 0.490 e. The molecule has 84 valence electrons. The summed E-state index contributed by atoms with van der Waals surface area (Å²) in [5.41, 5.74) is 1.05. The third kappa shape index (κ3) is 3.18. The molecule has 0 N–H and O–H groups in total. The van der Waals surface area contributed by atoms with Crippen LogP contribution in [0.2, 0.25) is 0 Å². The summed E-state index contributed by atoms with van der Waals surface area (Å²) >= 11 is 1.97. The van der Waals surface area contributed by atoms with E-state index in [2.05, 4.69) is 6.07 Å². The van der Waals surface area contributed by atoms with Gasteiger partial charge in [0.05, 0.1) is 12.5 Å². The summed E-state index contributed by atoms with van der Waals surface area (Å²) in [5, 5.41) is 8.57. The SMILES string of the molecule is N#CCc1ccc(OC2CCCSC2)cc1. The molecule has 0 amide bonds. The van der Waals surface area contributed by atoms with Crippen LogP contribution in [0.15, 0.2) is 24.3 Å². The number of thioether (sulfide) groups is 1. The van der Waals surface area contributed by atoms with Crippen molar-refractivity contribution < 1.29 is 4.74 Å². The van der Waals surface area contributed by atoms with Crippen molar-refractivity contribution in [3.63, 3.8) is 0 Å². The van der Waals surface area contributed by atoms with Crippen molar-refractivity contribution >= 4 is 11.8 Å². The van der Waals surface area contributed by atoms with Gasteiger partial charge in [0.15, 0.2) is 0 Å². The fourth-order valence-electron chi connectivity index (χ4n) is 1.77. The van der Waals surface area contributed by atoms with Crippen LogP contribution in [-0.2, 0) is 6.42 Å². The van der Waals surface area contributed by atoms with Gasteiger partial charge in [0.1, 0.15) is 11.9 Å². The van der Waals surface area contributed by atoms with E-state index in [1.54, 1.807) is 0 Å². The van der Waals surface area contributed by atoms with E-state index in [4.69, 9.17) is 10.00 Å². The van der Waals surface area contributed by atoms with Crippen LogP contribution in [0.5, 0.6) is 5.75 Å². The maximum atomic E-state index is 8.57. The van der Waals surface area contributed by atoms with Crippen LogP contribution >= 0.6 is 11.8 Å². The summed E-state index contributed by atoms with van der Waals surface area (Å²) in [4.78, 5) is 0. The lowest BCUT2D eigenvalue weighted by Gasteiger charge is -2.22. The van der Waals surface area contributed by atoms with Crippen molar-refractivity contribution in [2.24, 2.45) is 0 Å². The van der Waals surface area contributed by atoms with Gasteiger partial charge in [-0.25, -0.2) is 0 Å². The molecule has 0 saturated carbocycles. The monoisotopic (exact) mass is 233 g/mol. The Hall–Kier alpha value is -1.14. The van der Waals surface area contributed by atoms with E-state index in [-0.39, 0.29) is 0 Å². The van der Waals surface area contributed by atoms with Gasteiger partial charge in [0.25, 0.3) is 0 Å². The molecular weight excluding hydrogens is 218 g/mol. The van der Waals surface area contributed by atoms with Gasteiger partial charge in [-0.05, 0) is 36.3 Å². The number of nitriles is 1. The predicted octanol–water partition coefficient (Wildman–Crippen LogP) is 3.03. The summed E-state index contributed by atoms with van der Waals surface area (Å²) in [6.45, 7) is 0. The van der Waals surface area contributed by atoms with Crippen molar-refractivity contribution in [3.8, 4) is 11.8 Å². The highest BCUT2D eigenvalue weighted by Crippen LogP contribution is 2.22. The lowest BCUT2D eigenvalue weighted by Crippen LogP contribution is -2.23. The van der Waals surface area contributed by atoms with E-state index in [0.29, 0.717) is 12.5 Å². The lowest BCUT2D eigenvalue weighted by molar-refractivity contribution is 0.211. The van der Waals surface area contributed by atoms with Crippen molar-refractivity contribution in [2.75, 3.05) is 11.5 Å². The van der Waals surface area contributed by atoms with E-state index >= 15 is 0 Å². The lowest BCUT2D eigenvalue weighted by atomic mass is 10.1. The number of rotatable bonds is 3. The van der Waals surface area contributed by atoms with Crippen molar-refractivity contribution in [3.05, 3.63) is 29.8 Å². The molecule has 2 nitrogen and oxygen atoms in total. The summed E-state index contributed by atoms with van der Waals surface area (Å²) in [7, 11) is 0. The van der Waals surface area contributed by atoms with E-state index in [1.165, 1.54) is 12.2 Å².